The van der Waals surface area contributed by atoms with E-state index in [0.717, 1.165) is 17.8 Å². The average molecular weight is 288 g/mol. The maximum absolute atomic E-state index is 13.3. The first-order chi connectivity index (χ1) is 10.2. The Hall–Kier alpha value is -2.45. The fourth-order valence-corrected chi connectivity index (χ4v) is 1.86. The van der Waals surface area contributed by atoms with E-state index in [1.54, 1.807) is 6.08 Å². The zero-order valence-electron chi connectivity index (χ0n) is 11.5. The third kappa shape index (κ3) is 3.56. The van der Waals surface area contributed by atoms with Crippen molar-refractivity contribution in [1.29, 1.82) is 5.26 Å². The van der Waals surface area contributed by atoms with E-state index in [-0.39, 0.29) is 5.57 Å². The lowest BCUT2D eigenvalue weighted by atomic mass is 10.1. The minimum atomic E-state index is -0.974. The molecule has 1 heterocycles. The number of rotatable bonds is 5. The minimum absolute atomic E-state index is 0.255. The van der Waals surface area contributed by atoms with Crippen LogP contribution < -0.4 is 0 Å². The van der Waals surface area contributed by atoms with Crippen molar-refractivity contribution in [1.82, 2.24) is 4.57 Å². The van der Waals surface area contributed by atoms with Gasteiger partial charge in [-0.25, -0.2) is 8.78 Å². The maximum atomic E-state index is 13.3. The van der Waals surface area contributed by atoms with Crippen LogP contribution >= 0.6 is 0 Å². The van der Waals surface area contributed by atoms with Crippen molar-refractivity contribution in [2.45, 2.75) is 13.7 Å². The van der Waals surface area contributed by atoms with Gasteiger partial charge in [0, 0.05) is 18.5 Å². The second kappa shape index (κ2) is 6.82. The van der Waals surface area contributed by atoms with Crippen LogP contribution in [0.4, 0.5) is 8.78 Å². The summed E-state index contributed by atoms with van der Waals surface area (Å²) in [5.41, 5.74) is 1.34. The van der Waals surface area contributed by atoms with Crippen LogP contribution in [0.3, 0.4) is 0 Å². The molecule has 0 aliphatic carbocycles. The molecular formula is C16H14F2N2O. The van der Waals surface area contributed by atoms with Crippen LogP contribution in [-0.4, -0.2) is 11.2 Å². The molecule has 2 rings (SSSR count). The molecule has 2 aromatic rings. The molecule has 0 spiro atoms. The first kappa shape index (κ1) is 14.9. The van der Waals surface area contributed by atoms with Crippen molar-refractivity contribution >= 4 is 11.6 Å². The number of nitrogens with zero attached hydrogens (tertiary/aromatic N) is 2. The number of hydrogen-bond donors (Lipinski definition) is 0. The summed E-state index contributed by atoms with van der Waals surface area (Å²) >= 11 is 0. The smallest absolute Gasteiger partial charge is 0.159 e. The number of aromatic nitrogens is 1. The van der Waals surface area contributed by atoms with E-state index >= 15 is 0 Å². The van der Waals surface area contributed by atoms with Crippen LogP contribution in [0.15, 0.2) is 36.5 Å². The van der Waals surface area contributed by atoms with Crippen molar-refractivity contribution in [3.8, 4) is 6.07 Å². The summed E-state index contributed by atoms with van der Waals surface area (Å²) in [5.74, 6) is -1.91. The second-order valence-corrected chi connectivity index (χ2v) is 4.32. The Morgan fingerprint density at radius 1 is 1.33 bits per heavy atom. The highest BCUT2D eigenvalue weighted by atomic mass is 19.2. The molecule has 0 aliphatic heterocycles. The number of allylic oxidation sites excluding steroid dienone is 1. The predicted molar refractivity (Wildman–Crippen MR) is 75.9 cm³/mol. The highest BCUT2D eigenvalue weighted by Crippen LogP contribution is 2.20. The molecule has 0 aliphatic rings. The van der Waals surface area contributed by atoms with E-state index in [1.807, 2.05) is 35.9 Å². The Morgan fingerprint density at radius 3 is 2.81 bits per heavy atom. The van der Waals surface area contributed by atoms with E-state index < -0.39 is 11.6 Å². The third-order valence-electron chi connectivity index (χ3n) is 2.94. The molecule has 1 aromatic carbocycles. The van der Waals surface area contributed by atoms with Gasteiger partial charge in [-0.1, -0.05) is 6.07 Å². The fraction of sp³-hybridized carbons (Fsp3) is 0.188. The third-order valence-corrected chi connectivity index (χ3v) is 2.94. The highest BCUT2D eigenvalue weighted by molar-refractivity contribution is 5.89. The van der Waals surface area contributed by atoms with Crippen molar-refractivity contribution in [3.63, 3.8) is 0 Å². The van der Waals surface area contributed by atoms with Gasteiger partial charge < -0.3 is 9.30 Å². The van der Waals surface area contributed by atoms with Crippen molar-refractivity contribution < 1.29 is 13.5 Å². The lowest BCUT2D eigenvalue weighted by molar-refractivity contribution is 0.0877. The van der Waals surface area contributed by atoms with Crippen LogP contribution in [0.5, 0.6) is 0 Å². The molecule has 0 N–H and O–H groups in total. The summed E-state index contributed by atoms with van der Waals surface area (Å²) in [7, 11) is 0. The molecule has 0 fully saturated rings. The van der Waals surface area contributed by atoms with Gasteiger partial charge in [0.05, 0.1) is 11.6 Å². The molecule has 0 saturated heterocycles. The standard InChI is InChI=1S/C16H14F2N2O/c1-2-21-11-20-7-3-4-14(20)8-13(10-19)12-5-6-15(17)16(18)9-12/h3-9H,2,11H2,1H3/b13-8+. The van der Waals surface area contributed by atoms with Gasteiger partial charge >= 0.3 is 0 Å². The van der Waals surface area contributed by atoms with Crippen LogP contribution in [-0.2, 0) is 11.5 Å². The van der Waals surface area contributed by atoms with Gasteiger partial charge in [0.15, 0.2) is 11.6 Å². The Morgan fingerprint density at radius 2 is 2.14 bits per heavy atom. The van der Waals surface area contributed by atoms with Gasteiger partial charge in [-0.3, -0.25) is 0 Å². The predicted octanol–water partition coefficient (Wildman–Crippen LogP) is 3.82. The number of nitriles is 1. The lowest BCUT2D eigenvalue weighted by Gasteiger charge is -2.07. The average Bonchev–Trinajstić information content (AvgIpc) is 2.92. The summed E-state index contributed by atoms with van der Waals surface area (Å²) < 4.78 is 33.3. The molecule has 21 heavy (non-hydrogen) atoms. The SMILES string of the molecule is CCOCn1cccc1/C=C(\C#N)c1ccc(F)c(F)c1. The number of benzene rings is 1. The molecule has 0 amide bonds. The number of ether oxygens (including phenoxy) is 1. The summed E-state index contributed by atoms with van der Waals surface area (Å²) in [4.78, 5) is 0. The molecular weight excluding hydrogens is 274 g/mol. The Labute approximate surface area is 121 Å². The van der Waals surface area contributed by atoms with E-state index in [9.17, 15) is 14.0 Å². The van der Waals surface area contributed by atoms with Crippen LogP contribution in [0, 0.1) is 23.0 Å². The minimum Gasteiger partial charge on any atom is -0.361 e. The van der Waals surface area contributed by atoms with Crippen molar-refractivity contribution in [3.05, 3.63) is 59.4 Å². The fourth-order valence-electron chi connectivity index (χ4n) is 1.86. The Bertz CT molecular complexity index is 699. The van der Waals surface area contributed by atoms with E-state index in [2.05, 4.69) is 0 Å². The molecule has 0 saturated carbocycles. The normalized spacial score (nSPS) is 11.4. The number of hydrogen-bond acceptors (Lipinski definition) is 2. The van der Waals surface area contributed by atoms with Crippen LogP contribution in [0.1, 0.15) is 18.2 Å². The van der Waals surface area contributed by atoms with E-state index in [0.29, 0.717) is 18.9 Å². The monoisotopic (exact) mass is 288 g/mol. The topological polar surface area (TPSA) is 38.0 Å². The second-order valence-electron chi connectivity index (χ2n) is 4.32. The first-order valence-electron chi connectivity index (χ1n) is 6.45. The molecule has 3 nitrogen and oxygen atoms in total. The number of halogens is 2. The molecule has 0 atom stereocenters. The first-order valence-corrected chi connectivity index (χ1v) is 6.45. The molecule has 0 radical (unpaired) electrons. The molecule has 0 bridgehead atoms. The zero-order chi connectivity index (χ0) is 15.2. The maximum Gasteiger partial charge on any atom is 0.159 e. The summed E-state index contributed by atoms with van der Waals surface area (Å²) in [5, 5.41) is 9.23. The zero-order valence-corrected chi connectivity index (χ0v) is 11.5. The van der Waals surface area contributed by atoms with Gasteiger partial charge in [0.2, 0.25) is 0 Å². The molecule has 0 unspecified atom stereocenters. The largest absolute Gasteiger partial charge is 0.361 e. The highest BCUT2D eigenvalue weighted by Gasteiger charge is 2.08. The lowest BCUT2D eigenvalue weighted by Crippen LogP contribution is -2.02. The van der Waals surface area contributed by atoms with Crippen molar-refractivity contribution in [2.24, 2.45) is 0 Å². The molecule has 108 valence electrons. The Kier molecular flexibility index (Phi) is 4.85. The van der Waals surface area contributed by atoms with Gasteiger partial charge in [0.25, 0.3) is 0 Å². The summed E-state index contributed by atoms with van der Waals surface area (Å²) in [6, 6.07) is 9.05. The van der Waals surface area contributed by atoms with Gasteiger partial charge in [-0.15, -0.1) is 0 Å². The van der Waals surface area contributed by atoms with Gasteiger partial charge in [0.1, 0.15) is 6.73 Å². The van der Waals surface area contributed by atoms with E-state index in [4.69, 9.17) is 4.74 Å². The van der Waals surface area contributed by atoms with Crippen LogP contribution in [0.25, 0.3) is 11.6 Å². The molecule has 5 heteroatoms. The summed E-state index contributed by atoms with van der Waals surface area (Å²) in [6.07, 6.45) is 3.44. The summed E-state index contributed by atoms with van der Waals surface area (Å²) in [6.45, 7) is 2.84. The quantitative estimate of drug-likeness (QED) is 0.784. The van der Waals surface area contributed by atoms with Crippen LogP contribution in [0.2, 0.25) is 0 Å². The van der Waals surface area contributed by atoms with Crippen molar-refractivity contribution in [2.75, 3.05) is 6.61 Å². The van der Waals surface area contributed by atoms with Gasteiger partial charge in [-0.05, 0) is 42.8 Å². The van der Waals surface area contributed by atoms with Gasteiger partial charge in [-0.2, -0.15) is 5.26 Å². The van der Waals surface area contributed by atoms with E-state index in [1.165, 1.54) is 6.07 Å². The Balaban J connectivity index is 2.35. The molecule has 1 aromatic heterocycles.